The van der Waals surface area contributed by atoms with Crippen LogP contribution in [0.3, 0.4) is 0 Å². The van der Waals surface area contributed by atoms with Gasteiger partial charge in [-0.25, -0.2) is 9.68 Å². The predicted octanol–water partition coefficient (Wildman–Crippen LogP) is 2.39. The zero-order valence-electron chi connectivity index (χ0n) is 13.5. The summed E-state index contributed by atoms with van der Waals surface area (Å²) in [4.78, 5) is 28.3. The minimum Gasteiger partial charge on any atom is -0.462 e. The van der Waals surface area contributed by atoms with E-state index in [1.807, 2.05) is 6.92 Å². The molecule has 2 saturated carbocycles. The molecule has 6 nitrogen and oxygen atoms in total. The minimum atomic E-state index is -1.08. The average molecular weight is 322 g/mol. The average Bonchev–Trinajstić information content (AvgIpc) is 2.74. The Morgan fingerprint density at radius 1 is 1.39 bits per heavy atom. The third-order valence-corrected chi connectivity index (χ3v) is 5.93. The normalized spacial score (nSPS) is 42.7. The van der Waals surface area contributed by atoms with Crippen molar-refractivity contribution in [2.24, 2.45) is 11.3 Å². The van der Waals surface area contributed by atoms with Crippen molar-refractivity contribution in [1.82, 2.24) is 0 Å². The van der Waals surface area contributed by atoms with Crippen LogP contribution in [0.5, 0.6) is 0 Å². The summed E-state index contributed by atoms with van der Waals surface area (Å²) in [6, 6.07) is 0. The van der Waals surface area contributed by atoms with Crippen LogP contribution in [-0.2, 0) is 24.0 Å². The zero-order valence-corrected chi connectivity index (χ0v) is 13.5. The number of esters is 2. The number of ether oxygens (including phenoxy) is 2. The molecule has 1 saturated heterocycles. The van der Waals surface area contributed by atoms with E-state index in [1.165, 1.54) is 6.92 Å². The number of carbonyl (C=O) groups is 2. The lowest BCUT2D eigenvalue weighted by atomic mass is 9.51. The van der Waals surface area contributed by atoms with Crippen LogP contribution < -0.4 is 0 Å². The fourth-order valence-corrected chi connectivity index (χ4v) is 4.60. The monoisotopic (exact) mass is 322 g/mol. The molecule has 1 aliphatic heterocycles. The van der Waals surface area contributed by atoms with Gasteiger partial charge < -0.3 is 9.47 Å². The summed E-state index contributed by atoms with van der Waals surface area (Å²) in [6.45, 7) is 11.1. The van der Waals surface area contributed by atoms with Crippen molar-refractivity contribution in [3.05, 3.63) is 24.3 Å². The quantitative estimate of drug-likeness (QED) is 0.276. The molecule has 0 spiro atoms. The van der Waals surface area contributed by atoms with Crippen LogP contribution in [0, 0.1) is 11.3 Å². The van der Waals surface area contributed by atoms with Crippen LogP contribution in [0.25, 0.3) is 0 Å². The summed E-state index contributed by atoms with van der Waals surface area (Å²) in [6.07, 6.45) is 1.16. The Bertz CT molecular complexity index is 596. The Labute approximate surface area is 135 Å². The van der Waals surface area contributed by atoms with Gasteiger partial charge in [-0.15, -0.1) is 0 Å². The van der Waals surface area contributed by atoms with E-state index in [0.29, 0.717) is 31.3 Å². The molecule has 2 aliphatic carbocycles. The van der Waals surface area contributed by atoms with Gasteiger partial charge in [0.1, 0.15) is 17.8 Å². The summed E-state index contributed by atoms with van der Waals surface area (Å²) in [5, 5.41) is 9.78. The Morgan fingerprint density at radius 3 is 2.70 bits per heavy atom. The summed E-state index contributed by atoms with van der Waals surface area (Å²) in [5.74, 6) is -1.02. The molecule has 126 valence electrons. The van der Waals surface area contributed by atoms with Crippen LogP contribution in [0.1, 0.15) is 39.5 Å². The number of rotatable bonds is 2. The van der Waals surface area contributed by atoms with Gasteiger partial charge in [0.25, 0.3) is 0 Å². The van der Waals surface area contributed by atoms with Crippen molar-refractivity contribution < 1.29 is 29.2 Å². The zero-order chi connectivity index (χ0) is 17.0. The SMILES string of the molecule is C=C1C(=O)O[C@H]2C[C@@]3(C)[C@H](OC(C)=O)CCC(=C)[C@]3(OO)C[C@H]12. The molecule has 3 aliphatic rings. The molecular formula is C17H22O6. The maximum Gasteiger partial charge on any atom is 0.334 e. The first-order chi connectivity index (χ1) is 10.7. The summed E-state index contributed by atoms with van der Waals surface area (Å²) < 4.78 is 10.9. The topological polar surface area (TPSA) is 82.1 Å². The summed E-state index contributed by atoms with van der Waals surface area (Å²) in [7, 11) is 0. The van der Waals surface area contributed by atoms with E-state index in [4.69, 9.17) is 14.4 Å². The maximum atomic E-state index is 11.9. The van der Waals surface area contributed by atoms with Gasteiger partial charge in [0.2, 0.25) is 0 Å². The molecule has 0 bridgehead atoms. The first kappa shape index (κ1) is 16.2. The van der Waals surface area contributed by atoms with Crippen LogP contribution in [-0.4, -0.2) is 35.0 Å². The van der Waals surface area contributed by atoms with Gasteiger partial charge in [-0.3, -0.25) is 10.1 Å². The van der Waals surface area contributed by atoms with Gasteiger partial charge in [0, 0.05) is 23.8 Å². The fourth-order valence-electron chi connectivity index (χ4n) is 4.60. The standard InChI is InChI=1S/C17H22O6/c1-9-5-6-14(21-11(3)18)16(4)8-13-12(7-17(9,16)23-20)10(2)15(19)22-13/h12-14,20H,1-2,5-8H2,3-4H3/t12-,13+,14-,16+,17-/m1/s1. The highest BCUT2D eigenvalue weighted by atomic mass is 17.1. The second kappa shape index (κ2) is 5.18. The van der Waals surface area contributed by atoms with E-state index in [2.05, 4.69) is 13.2 Å². The highest BCUT2D eigenvalue weighted by Crippen LogP contribution is 2.61. The van der Waals surface area contributed by atoms with E-state index in [-0.39, 0.29) is 18.0 Å². The maximum absolute atomic E-state index is 11.9. The van der Waals surface area contributed by atoms with Gasteiger partial charge in [-0.1, -0.05) is 20.1 Å². The number of hydrogen-bond acceptors (Lipinski definition) is 6. The van der Waals surface area contributed by atoms with Gasteiger partial charge in [0.05, 0.1) is 0 Å². The van der Waals surface area contributed by atoms with Crippen LogP contribution in [0.2, 0.25) is 0 Å². The smallest absolute Gasteiger partial charge is 0.334 e. The number of fused-ring (bicyclic) bond motifs is 2. The molecule has 23 heavy (non-hydrogen) atoms. The molecule has 3 rings (SSSR count). The molecule has 0 aromatic heterocycles. The molecule has 0 aromatic rings. The van der Waals surface area contributed by atoms with E-state index < -0.39 is 23.1 Å². The largest absolute Gasteiger partial charge is 0.462 e. The van der Waals surface area contributed by atoms with Crippen molar-refractivity contribution in [1.29, 1.82) is 0 Å². The second-order valence-electron chi connectivity index (χ2n) is 7.06. The van der Waals surface area contributed by atoms with Gasteiger partial charge in [0.15, 0.2) is 0 Å². The Kier molecular flexibility index (Phi) is 3.65. The summed E-state index contributed by atoms with van der Waals surface area (Å²) >= 11 is 0. The van der Waals surface area contributed by atoms with Gasteiger partial charge in [-0.05, 0) is 31.3 Å². The molecule has 3 fully saturated rings. The van der Waals surface area contributed by atoms with Gasteiger partial charge in [-0.2, -0.15) is 0 Å². The molecule has 1 heterocycles. The fraction of sp³-hybridized carbons (Fsp3) is 0.647. The van der Waals surface area contributed by atoms with Crippen molar-refractivity contribution >= 4 is 11.9 Å². The molecule has 0 unspecified atom stereocenters. The Balaban J connectivity index is 2.04. The highest BCUT2D eigenvalue weighted by molar-refractivity contribution is 5.91. The summed E-state index contributed by atoms with van der Waals surface area (Å²) in [5.41, 5.74) is -0.662. The van der Waals surface area contributed by atoms with Crippen molar-refractivity contribution in [2.45, 2.75) is 57.3 Å². The van der Waals surface area contributed by atoms with E-state index in [1.54, 1.807) is 0 Å². The number of carbonyl (C=O) groups excluding carboxylic acids is 2. The third-order valence-electron chi connectivity index (χ3n) is 5.93. The number of hydrogen-bond donors (Lipinski definition) is 1. The molecule has 1 N–H and O–H groups in total. The lowest BCUT2D eigenvalue weighted by molar-refractivity contribution is -0.367. The van der Waals surface area contributed by atoms with Gasteiger partial charge >= 0.3 is 11.9 Å². The lowest BCUT2D eigenvalue weighted by Gasteiger charge is -2.58. The van der Waals surface area contributed by atoms with Crippen molar-refractivity contribution in [3.8, 4) is 0 Å². The van der Waals surface area contributed by atoms with Crippen LogP contribution in [0.15, 0.2) is 24.3 Å². The Morgan fingerprint density at radius 2 is 2.09 bits per heavy atom. The lowest BCUT2D eigenvalue weighted by Crippen LogP contribution is -2.64. The molecule has 0 aromatic carbocycles. The first-order valence-electron chi connectivity index (χ1n) is 7.83. The molecule has 5 atom stereocenters. The molecule has 6 heteroatoms. The molecule has 0 amide bonds. The predicted molar refractivity (Wildman–Crippen MR) is 80.2 cm³/mol. The van der Waals surface area contributed by atoms with Crippen LogP contribution in [0.4, 0.5) is 0 Å². The highest BCUT2D eigenvalue weighted by Gasteiger charge is 2.66. The van der Waals surface area contributed by atoms with E-state index in [9.17, 15) is 14.8 Å². The van der Waals surface area contributed by atoms with E-state index >= 15 is 0 Å². The van der Waals surface area contributed by atoms with Crippen LogP contribution >= 0.6 is 0 Å². The molecule has 0 radical (unpaired) electrons. The Hall–Kier alpha value is -1.66. The molecular weight excluding hydrogens is 300 g/mol. The van der Waals surface area contributed by atoms with Crippen molar-refractivity contribution in [2.75, 3.05) is 0 Å². The first-order valence-corrected chi connectivity index (χ1v) is 7.83. The second-order valence-corrected chi connectivity index (χ2v) is 7.06. The van der Waals surface area contributed by atoms with E-state index in [0.717, 1.165) is 5.57 Å². The minimum absolute atomic E-state index is 0.226. The third kappa shape index (κ3) is 2.08. The van der Waals surface area contributed by atoms with Crippen molar-refractivity contribution in [3.63, 3.8) is 0 Å².